The van der Waals surface area contributed by atoms with E-state index in [0.717, 1.165) is 18.7 Å². The molecule has 0 saturated heterocycles. The normalized spacial score (nSPS) is 11.5. The first-order valence-electron chi connectivity index (χ1n) is 5.93. The van der Waals surface area contributed by atoms with Crippen LogP contribution in [-0.4, -0.2) is 11.6 Å². The van der Waals surface area contributed by atoms with E-state index in [0.29, 0.717) is 0 Å². The van der Waals surface area contributed by atoms with Gasteiger partial charge in [-0.2, -0.15) is 0 Å². The van der Waals surface area contributed by atoms with Crippen LogP contribution in [0.1, 0.15) is 16.2 Å². The zero-order valence-corrected chi connectivity index (χ0v) is 15.5. The highest BCUT2D eigenvalue weighted by atomic mass is 79.9. The van der Waals surface area contributed by atoms with Gasteiger partial charge in [0.15, 0.2) is 11.6 Å². The Morgan fingerprint density at radius 3 is 1.67 bits per heavy atom. The first-order valence-corrected chi connectivity index (χ1v) is 9.27. The van der Waals surface area contributed by atoms with Crippen LogP contribution in [0.25, 0.3) is 12.2 Å². The van der Waals surface area contributed by atoms with Crippen molar-refractivity contribution >= 4 is 78.3 Å². The molecule has 0 radical (unpaired) electrons. The lowest BCUT2D eigenvalue weighted by atomic mass is 10.1. The molecule has 2 rings (SSSR count). The van der Waals surface area contributed by atoms with Crippen LogP contribution in [0.3, 0.4) is 0 Å². The van der Waals surface area contributed by atoms with Crippen molar-refractivity contribution < 1.29 is 9.59 Å². The minimum Gasteiger partial charge on any atom is -0.294 e. The summed E-state index contributed by atoms with van der Waals surface area (Å²) in [6.07, 6.45) is 6.25. The van der Waals surface area contributed by atoms with Gasteiger partial charge in [-0.25, -0.2) is 0 Å². The molecule has 0 atom stereocenters. The summed E-state index contributed by atoms with van der Waals surface area (Å²) < 4.78 is 1.97. The third-order valence-corrected chi connectivity index (χ3v) is 5.71. The van der Waals surface area contributed by atoms with Crippen LogP contribution in [0.15, 0.2) is 44.0 Å². The van der Waals surface area contributed by atoms with Gasteiger partial charge in [0.1, 0.15) is 0 Å². The smallest absolute Gasteiger partial charge is 0.163 e. The predicted molar refractivity (Wildman–Crippen MR) is 96.7 cm³/mol. The van der Waals surface area contributed by atoms with Crippen LogP contribution >= 0.6 is 54.5 Å². The van der Waals surface area contributed by atoms with Crippen molar-refractivity contribution in [2.24, 2.45) is 0 Å². The van der Waals surface area contributed by atoms with Crippen LogP contribution in [0.2, 0.25) is 0 Å². The topological polar surface area (TPSA) is 34.1 Å². The molecule has 0 amide bonds. The number of halogens is 2. The lowest BCUT2D eigenvalue weighted by molar-refractivity contribution is -0.121. The number of thiophene rings is 2. The standard InChI is InChI=1S/C15H10Br2O2S2/c16-10-5-14(20-8-10)3-1-12(18)7-13(19)2-4-15-6-11(17)9-21-15/h1-6,8-9H,7H2/b3-1+,4-2+. The SMILES string of the molecule is O=C(/C=C/c1cc(Br)cs1)CC(=O)/C=C/c1cc(Br)cs1. The van der Waals surface area contributed by atoms with E-state index < -0.39 is 0 Å². The van der Waals surface area contributed by atoms with E-state index in [4.69, 9.17) is 0 Å². The molecule has 0 fully saturated rings. The lowest BCUT2D eigenvalue weighted by Gasteiger charge is -1.90. The van der Waals surface area contributed by atoms with Crippen LogP contribution in [0.5, 0.6) is 0 Å². The molecule has 21 heavy (non-hydrogen) atoms. The van der Waals surface area contributed by atoms with Crippen molar-refractivity contribution in [3.63, 3.8) is 0 Å². The molecule has 2 nitrogen and oxygen atoms in total. The Labute approximate surface area is 147 Å². The molecular weight excluding hydrogens is 436 g/mol. The van der Waals surface area contributed by atoms with Crippen molar-refractivity contribution in [1.82, 2.24) is 0 Å². The molecule has 0 aliphatic rings. The maximum atomic E-state index is 11.7. The van der Waals surface area contributed by atoms with Gasteiger partial charge in [-0.15, -0.1) is 22.7 Å². The fraction of sp³-hybridized carbons (Fsp3) is 0.0667. The van der Waals surface area contributed by atoms with Crippen LogP contribution in [-0.2, 0) is 9.59 Å². The Bertz CT molecular complexity index is 651. The number of carbonyl (C=O) groups is 2. The third kappa shape index (κ3) is 5.82. The van der Waals surface area contributed by atoms with E-state index in [-0.39, 0.29) is 18.0 Å². The Kier molecular flexibility index (Phi) is 6.29. The van der Waals surface area contributed by atoms with E-state index in [9.17, 15) is 9.59 Å². The first kappa shape index (κ1) is 16.5. The average Bonchev–Trinajstić information content (AvgIpc) is 3.03. The van der Waals surface area contributed by atoms with Gasteiger partial charge in [-0.1, -0.05) is 0 Å². The van der Waals surface area contributed by atoms with E-state index in [1.165, 1.54) is 34.8 Å². The molecule has 2 heterocycles. The van der Waals surface area contributed by atoms with Crippen molar-refractivity contribution in [2.75, 3.05) is 0 Å². The first-order chi connectivity index (χ1) is 10.0. The van der Waals surface area contributed by atoms with Crippen molar-refractivity contribution in [2.45, 2.75) is 6.42 Å². The molecule has 0 aliphatic heterocycles. The summed E-state index contributed by atoms with van der Waals surface area (Å²) in [7, 11) is 0. The quantitative estimate of drug-likeness (QED) is 0.429. The van der Waals surface area contributed by atoms with Gasteiger partial charge in [0.25, 0.3) is 0 Å². The highest BCUT2D eigenvalue weighted by Crippen LogP contribution is 2.21. The largest absolute Gasteiger partial charge is 0.294 e. The number of ketones is 2. The minimum absolute atomic E-state index is 0.105. The number of rotatable bonds is 6. The zero-order chi connectivity index (χ0) is 15.2. The molecule has 2 aromatic heterocycles. The fourth-order valence-electron chi connectivity index (χ4n) is 1.47. The number of allylic oxidation sites excluding steroid dienone is 2. The maximum Gasteiger partial charge on any atom is 0.163 e. The van der Waals surface area contributed by atoms with E-state index in [1.807, 2.05) is 22.9 Å². The van der Waals surface area contributed by atoms with Crippen LogP contribution < -0.4 is 0 Å². The van der Waals surface area contributed by atoms with Crippen molar-refractivity contribution in [1.29, 1.82) is 0 Å². The Balaban J connectivity index is 1.86. The van der Waals surface area contributed by atoms with E-state index in [1.54, 1.807) is 12.2 Å². The van der Waals surface area contributed by atoms with Crippen molar-refractivity contribution in [3.05, 3.63) is 53.7 Å². The van der Waals surface area contributed by atoms with Gasteiger partial charge in [0, 0.05) is 29.5 Å². The lowest BCUT2D eigenvalue weighted by Crippen LogP contribution is -2.01. The number of hydrogen-bond acceptors (Lipinski definition) is 4. The molecule has 0 bridgehead atoms. The highest BCUT2D eigenvalue weighted by Gasteiger charge is 2.04. The molecule has 6 heteroatoms. The fourth-order valence-corrected chi connectivity index (χ4v) is 4.14. The Morgan fingerprint density at radius 2 is 1.33 bits per heavy atom. The zero-order valence-electron chi connectivity index (χ0n) is 10.7. The van der Waals surface area contributed by atoms with Gasteiger partial charge >= 0.3 is 0 Å². The highest BCUT2D eigenvalue weighted by molar-refractivity contribution is 9.10. The third-order valence-electron chi connectivity index (χ3n) is 2.39. The van der Waals surface area contributed by atoms with Gasteiger partial charge < -0.3 is 0 Å². The van der Waals surface area contributed by atoms with E-state index in [2.05, 4.69) is 31.9 Å². The van der Waals surface area contributed by atoms with Crippen LogP contribution in [0.4, 0.5) is 0 Å². The summed E-state index contributed by atoms with van der Waals surface area (Å²) in [6.45, 7) is 0. The second-order valence-electron chi connectivity index (χ2n) is 4.11. The predicted octanol–water partition coefficient (Wildman–Crippen LogP) is 5.59. The Hall–Kier alpha value is -0.820. The summed E-state index contributed by atoms with van der Waals surface area (Å²) in [6, 6.07) is 3.84. The molecule has 0 aromatic carbocycles. The molecule has 0 aliphatic carbocycles. The van der Waals surface area contributed by atoms with Gasteiger partial charge in [0.05, 0.1) is 6.42 Å². The molecule has 0 spiro atoms. The van der Waals surface area contributed by atoms with Gasteiger partial charge in [-0.3, -0.25) is 9.59 Å². The summed E-state index contributed by atoms with van der Waals surface area (Å²) in [5, 5.41) is 3.88. The number of hydrogen-bond donors (Lipinski definition) is 0. The number of carbonyl (C=O) groups excluding carboxylic acids is 2. The second kappa shape index (κ2) is 7.98. The van der Waals surface area contributed by atoms with Gasteiger partial charge in [-0.05, 0) is 68.3 Å². The summed E-state index contributed by atoms with van der Waals surface area (Å²) >= 11 is 9.76. The Morgan fingerprint density at radius 1 is 0.905 bits per heavy atom. The van der Waals surface area contributed by atoms with Crippen LogP contribution in [0, 0.1) is 0 Å². The molecule has 0 saturated carbocycles. The monoisotopic (exact) mass is 444 g/mol. The minimum atomic E-state index is -0.193. The molecule has 0 N–H and O–H groups in total. The second-order valence-corrected chi connectivity index (χ2v) is 7.83. The molecule has 0 unspecified atom stereocenters. The van der Waals surface area contributed by atoms with E-state index >= 15 is 0 Å². The maximum absolute atomic E-state index is 11.7. The molecule has 2 aromatic rings. The average molecular weight is 446 g/mol. The van der Waals surface area contributed by atoms with Gasteiger partial charge in [0.2, 0.25) is 0 Å². The summed E-state index contributed by atoms with van der Waals surface area (Å²) in [5.41, 5.74) is 0. The molecule has 108 valence electrons. The summed E-state index contributed by atoms with van der Waals surface area (Å²) in [4.78, 5) is 25.3. The summed E-state index contributed by atoms with van der Waals surface area (Å²) in [5.74, 6) is -0.386. The van der Waals surface area contributed by atoms with Crippen molar-refractivity contribution in [3.8, 4) is 0 Å². The molecular formula is C15H10Br2O2S2.